The molecular weight excluding hydrogens is 256 g/mol. The average molecular weight is 270 g/mol. The Morgan fingerprint density at radius 2 is 1.74 bits per heavy atom. The average Bonchev–Trinajstić information content (AvgIpc) is 2.41. The zero-order chi connectivity index (χ0) is 13.5. The highest BCUT2D eigenvalue weighted by molar-refractivity contribution is 7.80. The molecule has 0 aromatic heterocycles. The van der Waals surface area contributed by atoms with Crippen LogP contribution < -0.4 is 16.5 Å². The highest BCUT2D eigenvalue weighted by atomic mass is 32.1. The summed E-state index contributed by atoms with van der Waals surface area (Å²) in [6, 6.07) is 17.8. The smallest absolute Gasteiger partial charge is 0.184 e. The van der Waals surface area contributed by atoms with Crippen molar-refractivity contribution in [2.24, 2.45) is 10.8 Å². The fraction of sp³-hybridized carbons (Fsp3) is 0. The van der Waals surface area contributed by atoms with Crippen LogP contribution in [0.15, 0.2) is 59.7 Å². The first-order valence-corrected chi connectivity index (χ1v) is 6.16. The Labute approximate surface area is 117 Å². The summed E-state index contributed by atoms with van der Waals surface area (Å²) in [6.07, 6.45) is 1.67. The molecule has 0 saturated carbocycles. The molecule has 0 aliphatic rings. The summed E-state index contributed by atoms with van der Waals surface area (Å²) in [5.41, 5.74) is 10.8. The molecule has 0 bridgehead atoms. The third kappa shape index (κ3) is 4.08. The number of nitrogens with one attached hydrogen (secondary N) is 2. The van der Waals surface area contributed by atoms with Crippen LogP contribution in [0.4, 0.5) is 11.4 Å². The van der Waals surface area contributed by atoms with Crippen LogP contribution >= 0.6 is 12.2 Å². The lowest BCUT2D eigenvalue weighted by atomic mass is 10.2. The summed E-state index contributed by atoms with van der Waals surface area (Å²) in [6.45, 7) is 0. The van der Waals surface area contributed by atoms with Gasteiger partial charge in [-0.2, -0.15) is 5.10 Å². The monoisotopic (exact) mass is 270 g/mol. The number of nitrogens with zero attached hydrogens (tertiary/aromatic N) is 1. The highest BCUT2D eigenvalue weighted by Gasteiger charge is 1.99. The largest absolute Gasteiger partial charge is 0.375 e. The first-order valence-electron chi connectivity index (χ1n) is 5.75. The van der Waals surface area contributed by atoms with Crippen LogP contribution in [0.2, 0.25) is 0 Å². The number of hydrazone groups is 1. The van der Waals surface area contributed by atoms with E-state index in [9.17, 15) is 0 Å². The standard InChI is InChI=1S/C14H14N4S/c15-14(19)18-16-10-11-6-4-5-9-13(11)17-12-7-2-1-3-8-12/h1-10,17H,(H3,15,18,19)/b16-10+. The summed E-state index contributed by atoms with van der Waals surface area (Å²) in [5, 5.41) is 7.43. The van der Waals surface area contributed by atoms with Crippen molar-refractivity contribution in [3.8, 4) is 0 Å². The zero-order valence-corrected chi connectivity index (χ0v) is 11.0. The van der Waals surface area contributed by atoms with Crippen molar-refractivity contribution in [3.63, 3.8) is 0 Å². The molecule has 0 spiro atoms. The molecule has 4 nitrogen and oxygen atoms in total. The minimum atomic E-state index is 0.143. The van der Waals surface area contributed by atoms with Crippen LogP contribution in [-0.4, -0.2) is 11.3 Å². The Morgan fingerprint density at radius 3 is 2.47 bits per heavy atom. The molecule has 0 fully saturated rings. The van der Waals surface area contributed by atoms with Gasteiger partial charge in [-0.1, -0.05) is 36.4 Å². The van der Waals surface area contributed by atoms with Crippen molar-refractivity contribution < 1.29 is 0 Å². The molecule has 0 atom stereocenters. The highest BCUT2D eigenvalue weighted by Crippen LogP contribution is 2.19. The van der Waals surface area contributed by atoms with Crippen molar-refractivity contribution in [1.29, 1.82) is 0 Å². The number of thiocarbonyl (C=S) groups is 1. The van der Waals surface area contributed by atoms with Crippen LogP contribution in [0, 0.1) is 0 Å². The van der Waals surface area contributed by atoms with E-state index in [4.69, 9.17) is 5.73 Å². The van der Waals surface area contributed by atoms with Gasteiger partial charge in [0.15, 0.2) is 5.11 Å². The van der Waals surface area contributed by atoms with E-state index in [2.05, 4.69) is 28.1 Å². The van der Waals surface area contributed by atoms with Gasteiger partial charge in [0.2, 0.25) is 0 Å². The van der Waals surface area contributed by atoms with Crippen LogP contribution in [-0.2, 0) is 0 Å². The molecule has 96 valence electrons. The van der Waals surface area contributed by atoms with Crippen molar-refractivity contribution in [2.45, 2.75) is 0 Å². The van der Waals surface area contributed by atoms with Crippen molar-refractivity contribution >= 4 is 34.9 Å². The van der Waals surface area contributed by atoms with Crippen LogP contribution in [0.25, 0.3) is 0 Å². The van der Waals surface area contributed by atoms with Crippen LogP contribution in [0.3, 0.4) is 0 Å². The molecule has 2 aromatic carbocycles. The Balaban J connectivity index is 2.17. The Morgan fingerprint density at radius 1 is 1.05 bits per heavy atom. The molecule has 0 heterocycles. The van der Waals surface area contributed by atoms with Gasteiger partial charge in [0.1, 0.15) is 0 Å². The van der Waals surface area contributed by atoms with Gasteiger partial charge in [-0.05, 0) is 30.4 Å². The Hall–Kier alpha value is -2.40. The van der Waals surface area contributed by atoms with Crippen LogP contribution in [0.1, 0.15) is 5.56 Å². The molecule has 0 saturated heterocycles. The second kappa shape index (κ2) is 6.51. The number of anilines is 2. The number of para-hydroxylation sites is 2. The quantitative estimate of drug-likeness (QED) is 0.454. The third-order valence-corrected chi connectivity index (χ3v) is 2.48. The summed E-state index contributed by atoms with van der Waals surface area (Å²) in [4.78, 5) is 0. The molecule has 2 aromatic rings. The van der Waals surface area contributed by atoms with Gasteiger partial charge in [0, 0.05) is 16.9 Å². The number of nitrogens with two attached hydrogens (primary N) is 1. The maximum absolute atomic E-state index is 5.31. The van der Waals surface area contributed by atoms with E-state index in [1.165, 1.54) is 0 Å². The molecule has 2 rings (SSSR count). The molecule has 0 amide bonds. The number of hydrogen-bond acceptors (Lipinski definition) is 3. The van der Waals surface area contributed by atoms with Gasteiger partial charge in [-0.15, -0.1) is 0 Å². The molecule has 4 N–H and O–H groups in total. The van der Waals surface area contributed by atoms with E-state index < -0.39 is 0 Å². The fourth-order valence-corrected chi connectivity index (χ4v) is 1.62. The van der Waals surface area contributed by atoms with Gasteiger partial charge in [0.25, 0.3) is 0 Å². The normalized spacial score (nSPS) is 10.3. The van der Waals surface area contributed by atoms with Crippen molar-refractivity contribution in [2.75, 3.05) is 5.32 Å². The van der Waals surface area contributed by atoms with Gasteiger partial charge in [-0.25, -0.2) is 0 Å². The van der Waals surface area contributed by atoms with E-state index in [0.717, 1.165) is 16.9 Å². The maximum Gasteiger partial charge on any atom is 0.184 e. The van der Waals surface area contributed by atoms with E-state index >= 15 is 0 Å². The minimum Gasteiger partial charge on any atom is -0.375 e. The lowest BCUT2D eigenvalue weighted by Crippen LogP contribution is -2.24. The van der Waals surface area contributed by atoms with Gasteiger partial charge in [0.05, 0.1) is 6.21 Å². The molecule has 0 aliphatic carbocycles. The van der Waals surface area contributed by atoms with Crippen LogP contribution in [0.5, 0.6) is 0 Å². The van der Waals surface area contributed by atoms with Crippen molar-refractivity contribution in [3.05, 3.63) is 60.2 Å². The zero-order valence-electron chi connectivity index (χ0n) is 10.2. The molecule has 19 heavy (non-hydrogen) atoms. The van der Waals surface area contributed by atoms with Gasteiger partial charge in [-0.3, -0.25) is 5.43 Å². The maximum atomic E-state index is 5.31. The van der Waals surface area contributed by atoms with E-state index in [1.54, 1.807) is 6.21 Å². The second-order valence-electron chi connectivity index (χ2n) is 3.81. The number of hydrogen-bond donors (Lipinski definition) is 3. The predicted molar refractivity (Wildman–Crippen MR) is 83.7 cm³/mol. The van der Waals surface area contributed by atoms with E-state index in [1.807, 2.05) is 54.6 Å². The third-order valence-electron chi connectivity index (χ3n) is 2.39. The SMILES string of the molecule is NC(=S)N/N=C/c1ccccc1Nc1ccccc1. The first kappa shape index (κ1) is 13.0. The lowest BCUT2D eigenvalue weighted by molar-refractivity contribution is 1.04. The first-order chi connectivity index (χ1) is 9.25. The van der Waals surface area contributed by atoms with Gasteiger partial charge >= 0.3 is 0 Å². The summed E-state index contributed by atoms with van der Waals surface area (Å²) >= 11 is 4.69. The summed E-state index contributed by atoms with van der Waals surface area (Å²) in [7, 11) is 0. The molecule has 0 unspecified atom stereocenters. The topological polar surface area (TPSA) is 62.4 Å². The van der Waals surface area contributed by atoms with E-state index in [-0.39, 0.29) is 5.11 Å². The fourth-order valence-electron chi connectivity index (χ4n) is 1.57. The summed E-state index contributed by atoms with van der Waals surface area (Å²) < 4.78 is 0. The Bertz CT molecular complexity index is 581. The molecule has 0 aliphatic heterocycles. The van der Waals surface area contributed by atoms with E-state index in [0.29, 0.717) is 0 Å². The van der Waals surface area contributed by atoms with Gasteiger partial charge < -0.3 is 11.1 Å². The van der Waals surface area contributed by atoms with Crippen molar-refractivity contribution in [1.82, 2.24) is 5.43 Å². The number of benzene rings is 2. The summed E-state index contributed by atoms with van der Waals surface area (Å²) in [5.74, 6) is 0. The Kier molecular flexibility index (Phi) is 4.47. The molecule has 5 heteroatoms. The predicted octanol–water partition coefficient (Wildman–Crippen LogP) is 2.60. The lowest BCUT2D eigenvalue weighted by Gasteiger charge is -2.09. The second-order valence-corrected chi connectivity index (χ2v) is 4.25. The number of rotatable bonds is 4. The minimum absolute atomic E-state index is 0.143. The molecular formula is C14H14N4S. The molecule has 0 radical (unpaired) electrons.